The average molecular weight is 356 g/mol. The second kappa shape index (κ2) is 6.97. The van der Waals surface area contributed by atoms with Gasteiger partial charge in [-0.05, 0) is 24.6 Å². The summed E-state index contributed by atoms with van der Waals surface area (Å²) < 4.78 is 28.5. The summed E-state index contributed by atoms with van der Waals surface area (Å²) in [6, 6.07) is 8.61. The van der Waals surface area contributed by atoms with E-state index in [1.54, 1.807) is 0 Å². The van der Waals surface area contributed by atoms with Crippen molar-refractivity contribution in [3.8, 4) is 5.75 Å². The number of hydrogen-bond acceptors (Lipinski definition) is 7. The summed E-state index contributed by atoms with van der Waals surface area (Å²) in [5.41, 5.74) is 0.827. The van der Waals surface area contributed by atoms with E-state index >= 15 is 0 Å². The zero-order chi connectivity index (χ0) is 17.0. The lowest BCUT2D eigenvalue weighted by Gasteiger charge is -2.07. The van der Waals surface area contributed by atoms with Gasteiger partial charge in [0.2, 0.25) is 0 Å². The Balaban J connectivity index is 2.00. The van der Waals surface area contributed by atoms with Gasteiger partial charge in [-0.25, -0.2) is 8.42 Å². The van der Waals surface area contributed by atoms with Crippen molar-refractivity contribution in [2.45, 2.75) is 11.1 Å². The number of nitrogens with one attached hydrogen (secondary N) is 1. The molecular weight excluding hydrogens is 340 g/mol. The lowest BCUT2D eigenvalue weighted by molar-refractivity contribution is -0.383. The molecule has 0 atom stereocenters. The first kappa shape index (κ1) is 17.2. The largest absolute Gasteiger partial charge is 0.492 e. The van der Waals surface area contributed by atoms with Gasteiger partial charge in [-0.2, -0.15) is 0 Å². The monoisotopic (exact) mass is 356 g/mol. The summed E-state index contributed by atoms with van der Waals surface area (Å²) in [5, 5.41) is 14.1. The average Bonchev–Trinajstić information content (AvgIpc) is 2.88. The summed E-state index contributed by atoms with van der Waals surface area (Å²) in [4.78, 5) is 10.4. The Kier molecular flexibility index (Phi) is 5.22. The normalized spacial score (nSPS) is 11.2. The SMILES string of the molecule is Cc1cccc(OCCNc2sc(S(C)(=O)=O)cc2[N+](=O)[O-])c1. The Hall–Kier alpha value is -2.13. The summed E-state index contributed by atoms with van der Waals surface area (Å²) >= 11 is 0.847. The molecule has 23 heavy (non-hydrogen) atoms. The molecule has 1 aromatic carbocycles. The zero-order valence-electron chi connectivity index (χ0n) is 12.6. The Morgan fingerprint density at radius 1 is 1.35 bits per heavy atom. The number of benzene rings is 1. The Labute approximate surface area is 138 Å². The van der Waals surface area contributed by atoms with Gasteiger partial charge in [0.1, 0.15) is 16.6 Å². The van der Waals surface area contributed by atoms with E-state index in [9.17, 15) is 18.5 Å². The van der Waals surface area contributed by atoms with Crippen molar-refractivity contribution in [1.82, 2.24) is 0 Å². The molecule has 0 aliphatic carbocycles. The highest BCUT2D eigenvalue weighted by Crippen LogP contribution is 2.36. The topological polar surface area (TPSA) is 98.5 Å². The van der Waals surface area contributed by atoms with E-state index in [1.807, 2.05) is 31.2 Å². The summed E-state index contributed by atoms with van der Waals surface area (Å²) in [7, 11) is -3.47. The van der Waals surface area contributed by atoms with E-state index in [4.69, 9.17) is 4.74 Å². The molecule has 0 saturated carbocycles. The van der Waals surface area contributed by atoms with Crippen LogP contribution in [0.2, 0.25) is 0 Å². The zero-order valence-corrected chi connectivity index (χ0v) is 14.2. The van der Waals surface area contributed by atoms with E-state index in [0.29, 0.717) is 18.9 Å². The van der Waals surface area contributed by atoms with E-state index in [0.717, 1.165) is 29.2 Å². The first-order chi connectivity index (χ1) is 10.8. The van der Waals surface area contributed by atoms with E-state index in [-0.39, 0.29) is 14.9 Å². The molecule has 2 rings (SSSR count). The van der Waals surface area contributed by atoms with E-state index < -0.39 is 14.8 Å². The molecule has 0 amide bonds. The van der Waals surface area contributed by atoms with Crippen LogP contribution in [0.5, 0.6) is 5.75 Å². The van der Waals surface area contributed by atoms with Crippen LogP contribution in [0.4, 0.5) is 10.7 Å². The number of nitro groups is 1. The number of ether oxygens (including phenoxy) is 1. The van der Waals surface area contributed by atoms with Crippen molar-refractivity contribution in [2.24, 2.45) is 0 Å². The van der Waals surface area contributed by atoms with Crippen LogP contribution < -0.4 is 10.1 Å². The molecule has 0 spiro atoms. The van der Waals surface area contributed by atoms with Crippen LogP contribution in [0.3, 0.4) is 0 Å². The number of sulfone groups is 1. The second-order valence-corrected chi connectivity index (χ2v) is 8.20. The summed E-state index contributed by atoms with van der Waals surface area (Å²) in [6.07, 6.45) is 1.02. The fraction of sp³-hybridized carbons (Fsp3) is 0.286. The van der Waals surface area contributed by atoms with Gasteiger partial charge in [0.05, 0.1) is 4.92 Å². The van der Waals surface area contributed by atoms with Crippen LogP contribution in [-0.2, 0) is 9.84 Å². The second-order valence-electron chi connectivity index (χ2n) is 4.90. The molecule has 0 aliphatic rings. The highest BCUT2D eigenvalue weighted by molar-refractivity contribution is 7.92. The van der Waals surface area contributed by atoms with Crippen molar-refractivity contribution >= 4 is 31.9 Å². The van der Waals surface area contributed by atoms with Crippen molar-refractivity contribution < 1.29 is 18.1 Å². The maximum atomic E-state index is 11.5. The molecule has 1 N–H and O–H groups in total. The van der Waals surface area contributed by atoms with Crippen molar-refractivity contribution in [2.75, 3.05) is 24.7 Å². The molecule has 2 aromatic rings. The van der Waals surface area contributed by atoms with E-state index in [2.05, 4.69) is 5.32 Å². The third-order valence-electron chi connectivity index (χ3n) is 2.90. The first-order valence-corrected chi connectivity index (χ1v) is 9.40. The number of thiophene rings is 1. The predicted molar refractivity (Wildman–Crippen MR) is 89.2 cm³/mol. The molecule has 0 unspecified atom stereocenters. The third-order valence-corrected chi connectivity index (χ3v) is 5.78. The van der Waals surface area contributed by atoms with Crippen LogP contribution in [0.25, 0.3) is 0 Å². The molecule has 7 nitrogen and oxygen atoms in total. The number of aryl methyl sites for hydroxylation is 1. The molecule has 0 fully saturated rings. The van der Waals surface area contributed by atoms with Crippen LogP contribution in [0.1, 0.15) is 5.56 Å². The van der Waals surface area contributed by atoms with Crippen LogP contribution in [-0.4, -0.2) is 32.7 Å². The van der Waals surface area contributed by atoms with E-state index in [1.165, 1.54) is 0 Å². The standard InChI is InChI=1S/C14H16N2O5S2/c1-10-4-3-5-11(8-10)21-7-6-15-14-12(16(17)18)9-13(22-14)23(2,19)20/h3-5,8-9,15H,6-7H2,1-2H3. The minimum atomic E-state index is -3.47. The summed E-state index contributed by atoms with van der Waals surface area (Å²) in [5.74, 6) is 0.712. The van der Waals surface area contributed by atoms with Crippen molar-refractivity contribution in [1.29, 1.82) is 0 Å². The quantitative estimate of drug-likeness (QED) is 0.465. The van der Waals surface area contributed by atoms with Gasteiger partial charge in [-0.1, -0.05) is 23.5 Å². The third kappa shape index (κ3) is 4.67. The van der Waals surface area contributed by atoms with Crippen molar-refractivity contribution in [3.05, 3.63) is 46.0 Å². The fourth-order valence-electron chi connectivity index (χ4n) is 1.84. The number of hydrogen-bond donors (Lipinski definition) is 1. The number of rotatable bonds is 7. The van der Waals surface area contributed by atoms with Crippen molar-refractivity contribution in [3.63, 3.8) is 0 Å². The number of anilines is 1. The molecule has 9 heteroatoms. The maximum absolute atomic E-state index is 11.5. The van der Waals surface area contributed by atoms with Gasteiger partial charge in [-0.15, -0.1) is 0 Å². The minimum absolute atomic E-state index is 0.0358. The molecular formula is C14H16N2O5S2. The van der Waals surface area contributed by atoms with Gasteiger partial charge in [0.15, 0.2) is 14.8 Å². The fourth-order valence-corrected chi connectivity index (χ4v) is 3.81. The van der Waals surface area contributed by atoms with Gasteiger partial charge in [-0.3, -0.25) is 10.1 Å². The minimum Gasteiger partial charge on any atom is -0.492 e. The Bertz CT molecular complexity index is 814. The summed E-state index contributed by atoms with van der Waals surface area (Å²) in [6.45, 7) is 2.57. The number of nitrogens with zero attached hydrogens (tertiary/aromatic N) is 1. The van der Waals surface area contributed by atoms with Gasteiger partial charge in [0, 0.05) is 18.9 Å². The molecule has 0 radical (unpaired) electrons. The lowest BCUT2D eigenvalue weighted by atomic mass is 10.2. The Morgan fingerprint density at radius 2 is 2.09 bits per heavy atom. The van der Waals surface area contributed by atoms with Crippen LogP contribution >= 0.6 is 11.3 Å². The molecule has 124 valence electrons. The molecule has 0 bridgehead atoms. The lowest BCUT2D eigenvalue weighted by Crippen LogP contribution is -2.11. The molecule has 0 aliphatic heterocycles. The van der Waals surface area contributed by atoms with Crippen LogP contribution in [0.15, 0.2) is 34.5 Å². The van der Waals surface area contributed by atoms with Crippen LogP contribution in [0, 0.1) is 17.0 Å². The first-order valence-electron chi connectivity index (χ1n) is 6.69. The van der Waals surface area contributed by atoms with Gasteiger partial charge < -0.3 is 10.1 Å². The maximum Gasteiger partial charge on any atom is 0.304 e. The smallest absolute Gasteiger partial charge is 0.304 e. The molecule has 1 aromatic heterocycles. The molecule has 0 saturated heterocycles. The van der Waals surface area contributed by atoms with Gasteiger partial charge >= 0.3 is 5.69 Å². The predicted octanol–water partition coefficient (Wildman–Crippen LogP) is 2.86. The Morgan fingerprint density at radius 3 is 2.70 bits per heavy atom. The molecule has 1 heterocycles. The highest BCUT2D eigenvalue weighted by Gasteiger charge is 2.23. The highest BCUT2D eigenvalue weighted by atomic mass is 32.2. The van der Waals surface area contributed by atoms with Gasteiger partial charge in [0.25, 0.3) is 0 Å².